The molecule has 1 saturated heterocycles. The summed E-state index contributed by atoms with van der Waals surface area (Å²) in [5, 5.41) is 9.20. The Morgan fingerprint density at radius 3 is 2.80 bits per heavy atom. The lowest BCUT2D eigenvalue weighted by molar-refractivity contribution is -0.143. The number of carbonyl (C=O) groups is 2. The number of carboxylic acids is 1. The number of aliphatic carboxylic acids is 1. The predicted molar refractivity (Wildman–Crippen MR) is 97.8 cm³/mol. The number of carboxylic acid groups (broad SMARTS) is 1. The van der Waals surface area contributed by atoms with Crippen molar-refractivity contribution in [3.63, 3.8) is 0 Å². The van der Waals surface area contributed by atoms with Crippen molar-refractivity contribution in [2.45, 2.75) is 39.5 Å². The Bertz CT molecular complexity index is 656. The number of carbonyl (C=O) groups excluding carboxylic acids is 1. The van der Waals surface area contributed by atoms with Crippen molar-refractivity contribution in [3.8, 4) is 0 Å². The molecule has 0 radical (unpaired) electrons. The summed E-state index contributed by atoms with van der Waals surface area (Å²) in [5.74, 6) is -0.673. The molecule has 0 bridgehead atoms. The summed E-state index contributed by atoms with van der Waals surface area (Å²) in [6.07, 6.45) is 3.61. The summed E-state index contributed by atoms with van der Waals surface area (Å²) in [6, 6.07) is 6.42. The van der Waals surface area contributed by atoms with E-state index in [1.807, 2.05) is 18.7 Å². The fourth-order valence-corrected chi connectivity index (χ4v) is 3.90. The Balaban J connectivity index is 1.60. The van der Waals surface area contributed by atoms with Crippen molar-refractivity contribution >= 4 is 17.6 Å². The van der Waals surface area contributed by atoms with Crippen LogP contribution >= 0.6 is 0 Å². The molecule has 0 spiro atoms. The molecule has 1 amide bonds. The topological polar surface area (TPSA) is 60.9 Å². The van der Waals surface area contributed by atoms with Gasteiger partial charge in [-0.05, 0) is 49.4 Å². The van der Waals surface area contributed by atoms with E-state index in [9.17, 15) is 14.7 Å². The maximum absolute atomic E-state index is 12.3. The average molecular weight is 344 g/mol. The van der Waals surface area contributed by atoms with Gasteiger partial charge < -0.3 is 14.9 Å². The zero-order chi connectivity index (χ0) is 18.0. The molecule has 1 unspecified atom stereocenters. The lowest BCUT2D eigenvalue weighted by Crippen LogP contribution is -2.39. The molecule has 1 atom stereocenters. The number of benzene rings is 1. The van der Waals surface area contributed by atoms with Gasteiger partial charge in [-0.3, -0.25) is 9.59 Å². The molecule has 2 aliphatic rings. The van der Waals surface area contributed by atoms with Gasteiger partial charge in [0.2, 0.25) is 5.91 Å². The largest absolute Gasteiger partial charge is 0.481 e. The number of likely N-dealkylation sites (tertiary alicyclic amines) is 1. The van der Waals surface area contributed by atoms with Gasteiger partial charge >= 0.3 is 5.97 Å². The lowest BCUT2D eigenvalue weighted by Gasteiger charge is -2.30. The molecule has 5 heteroatoms. The van der Waals surface area contributed by atoms with Gasteiger partial charge in [0.25, 0.3) is 0 Å². The normalized spacial score (nSPS) is 20.8. The van der Waals surface area contributed by atoms with Gasteiger partial charge in [-0.15, -0.1) is 0 Å². The minimum Gasteiger partial charge on any atom is -0.481 e. The maximum Gasteiger partial charge on any atom is 0.307 e. The molecule has 2 heterocycles. The fourth-order valence-electron chi connectivity index (χ4n) is 3.90. The summed E-state index contributed by atoms with van der Waals surface area (Å²) < 4.78 is 0. The van der Waals surface area contributed by atoms with Crippen molar-refractivity contribution < 1.29 is 14.7 Å². The standard InChI is InChI=1S/C20H28N2O3/c1-14(2)19(23)22-11-8-16-12-15(5-6-18(16)22)7-10-21-9-3-4-17(13-21)20(24)25/h5-6,12,14,17H,3-4,7-11,13H2,1-2H3,(H,24,25). The zero-order valence-electron chi connectivity index (χ0n) is 15.2. The number of anilines is 1. The second-order valence-corrected chi connectivity index (χ2v) is 7.59. The molecule has 25 heavy (non-hydrogen) atoms. The third-order valence-electron chi connectivity index (χ3n) is 5.37. The van der Waals surface area contributed by atoms with Gasteiger partial charge in [-0.25, -0.2) is 0 Å². The van der Waals surface area contributed by atoms with Gasteiger partial charge in [0, 0.05) is 31.2 Å². The van der Waals surface area contributed by atoms with Crippen molar-refractivity contribution in [2.24, 2.45) is 11.8 Å². The van der Waals surface area contributed by atoms with Crippen molar-refractivity contribution in [3.05, 3.63) is 29.3 Å². The maximum atomic E-state index is 12.3. The predicted octanol–water partition coefficient (Wildman–Crippen LogP) is 2.57. The SMILES string of the molecule is CC(C)C(=O)N1CCc2cc(CCN3CCCC(C(=O)O)C3)ccc21. The molecule has 0 aromatic heterocycles. The summed E-state index contributed by atoms with van der Waals surface area (Å²) in [4.78, 5) is 27.6. The summed E-state index contributed by atoms with van der Waals surface area (Å²) in [7, 11) is 0. The molecular weight excluding hydrogens is 316 g/mol. The molecule has 1 fully saturated rings. The van der Waals surface area contributed by atoms with Crippen LogP contribution in [0.4, 0.5) is 5.69 Å². The van der Waals surface area contributed by atoms with Crippen molar-refractivity contribution in [2.75, 3.05) is 31.1 Å². The molecule has 0 aliphatic carbocycles. The van der Waals surface area contributed by atoms with Gasteiger partial charge in [0.05, 0.1) is 5.92 Å². The van der Waals surface area contributed by atoms with Crippen LogP contribution in [0.25, 0.3) is 0 Å². The highest BCUT2D eigenvalue weighted by Crippen LogP contribution is 2.30. The van der Waals surface area contributed by atoms with E-state index in [1.54, 1.807) is 0 Å². The highest BCUT2D eigenvalue weighted by atomic mass is 16.4. The van der Waals surface area contributed by atoms with Crippen LogP contribution in [-0.2, 0) is 22.4 Å². The van der Waals surface area contributed by atoms with E-state index in [-0.39, 0.29) is 17.7 Å². The van der Waals surface area contributed by atoms with Gasteiger partial charge in [0.15, 0.2) is 0 Å². The van der Waals surface area contributed by atoms with E-state index in [1.165, 1.54) is 11.1 Å². The van der Waals surface area contributed by atoms with Crippen LogP contribution in [0.3, 0.4) is 0 Å². The highest BCUT2D eigenvalue weighted by molar-refractivity contribution is 5.96. The smallest absolute Gasteiger partial charge is 0.307 e. The first-order chi connectivity index (χ1) is 12.0. The Morgan fingerprint density at radius 2 is 2.08 bits per heavy atom. The zero-order valence-corrected chi connectivity index (χ0v) is 15.2. The number of fused-ring (bicyclic) bond motifs is 1. The number of hydrogen-bond donors (Lipinski definition) is 1. The molecule has 0 saturated carbocycles. The number of rotatable bonds is 5. The van der Waals surface area contributed by atoms with E-state index in [2.05, 4.69) is 23.1 Å². The summed E-state index contributed by atoms with van der Waals surface area (Å²) >= 11 is 0. The quantitative estimate of drug-likeness (QED) is 0.892. The monoisotopic (exact) mass is 344 g/mol. The van der Waals surface area contributed by atoms with E-state index in [4.69, 9.17) is 0 Å². The minimum absolute atomic E-state index is 0.0203. The van der Waals surface area contributed by atoms with Crippen LogP contribution in [0.1, 0.15) is 37.8 Å². The Morgan fingerprint density at radius 1 is 1.28 bits per heavy atom. The van der Waals surface area contributed by atoms with E-state index in [0.29, 0.717) is 6.54 Å². The first kappa shape index (κ1) is 17.9. The van der Waals surface area contributed by atoms with Crippen LogP contribution in [-0.4, -0.2) is 48.1 Å². The molecule has 136 valence electrons. The fraction of sp³-hybridized carbons (Fsp3) is 0.600. The number of nitrogens with zero attached hydrogens (tertiary/aromatic N) is 2. The second kappa shape index (κ2) is 7.56. The third-order valence-corrected chi connectivity index (χ3v) is 5.37. The molecule has 1 N–H and O–H groups in total. The van der Waals surface area contributed by atoms with Crippen LogP contribution in [0.5, 0.6) is 0 Å². The Hall–Kier alpha value is -1.88. The first-order valence-corrected chi connectivity index (χ1v) is 9.34. The Labute approximate surface area is 149 Å². The van der Waals surface area contributed by atoms with E-state index >= 15 is 0 Å². The third kappa shape index (κ3) is 4.03. The van der Waals surface area contributed by atoms with Crippen LogP contribution in [0.15, 0.2) is 18.2 Å². The highest BCUT2D eigenvalue weighted by Gasteiger charge is 2.27. The number of piperidine rings is 1. The molecule has 5 nitrogen and oxygen atoms in total. The van der Waals surface area contributed by atoms with Gasteiger partial charge in [-0.1, -0.05) is 26.0 Å². The van der Waals surface area contributed by atoms with Gasteiger partial charge in [-0.2, -0.15) is 0 Å². The van der Waals surface area contributed by atoms with Crippen LogP contribution in [0, 0.1) is 11.8 Å². The molecule has 1 aromatic carbocycles. The second-order valence-electron chi connectivity index (χ2n) is 7.59. The molecule has 2 aliphatic heterocycles. The summed E-state index contributed by atoms with van der Waals surface area (Å²) in [5.41, 5.74) is 3.59. The summed E-state index contributed by atoms with van der Waals surface area (Å²) in [6.45, 7) is 7.22. The molecule has 3 rings (SSSR count). The van der Waals surface area contributed by atoms with E-state index in [0.717, 1.165) is 51.0 Å². The first-order valence-electron chi connectivity index (χ1n) is 9.34. The number of amides is 1. The van der Waals surface area contributed by atoms with E-state index < -0.39 is 5.97 Å². The van der Waals surface area contributed by atoms with Crippen LogP contribution < -0.4 is 4.90 Å². The molecule has 1 aromatic rings. The Kier molecular flexibility index (Phi) is 5.42. The van der Waals surface area contributed by atoms with Gasteiger partial charge in [0.1, 0.15) is 0 Å². The number of hydrogen-bond acceptors (Lipinski definition) is 3. The lowest BCUT2D eigenvalue weighted by atomic mass is 9.97. The van der Waals surface area contributed by atoms with Crippen LogP contribution in [0.2, 0.25) is 0 Å². The minimum atomic E-state index is -0.669. The van der Waals surface area contributed by atoms with Crippen molar-refractivity contribution in [1.82, 2.24) is 4.90 Å². The van der Waals surface area contributed by atoms with Crippen molar-refractivity contribution in [1.29, 1.82) is 0 Å². The average Bonchev–Trinajstić information content (AvgIpc) is 3.02. The molecular formula is C20H28N2O3.